The van der Waals surface area contributed by atoms with Gasteiger partial charge in [0.2, 0.25) is 5.91 Å². The Morgan fingerprint density at radius 3 is 2.52 bits per heavy atom. The zero-order valence-electron chi connectivity index (χ0n) is 16.3. The predicted octanol–water partition coefficient (Wildman–Crippen LogP) is 2.59. The maximum Gasteiger partial charge on any atom is 0.292 e. The Balaban J connectivity index is 1.56. The molecule has 0 saturated carbocycles. The third-order valence-electron chi connectivity index (χ3n) is 4.85. The van der Waals surface area contributed by atoms with Crippen LogP contribution in [0.1, 0.15) is 18.0 Å². The Morgan fingerprint density at radius 1 is 1.10 bits per heavy atom. The topological polar surface area (TPSA) is 96.7 Å². The van der Waals surface area contributed by atoms with E-state index >= 15 is 0 Å². The summed E-state index contributed by atoms with van der Waals surface area (Å²) >= 11 is 0. The van der Waals surface area contributed by atoms with Gasteiger partial charge in [-0.25, -0.2) is 0 Å². The molecule has 154 valence electrons. The summed E-state index contributed by atoms with van der Waals surface area (Å²) < 4.78 is 5.40. The van der Waals surface area contributed by atoms with Crippen molar-refractivity contribution >= 4 is 17.3 Å². The van der Waals surface area contributed by atoms with Gasteiger partial charge in [-0.1, -0.05) is 42.5 Å². The van der Waals surface area contributed by atoms with Gasteiger partial charge in [-0.15, -0.1) is 0 Å². The van der Waals surface area contributed by atoms with Crippen LogP contribution in [-0.4, -0.2) is 55.1 Å². The molecule has 2 aromatic carbocycles. The number of benzene rings is 2. The van der Waals surface area contributed by atoms with Crippen LogP contribution in [0.25, 0.3) is 0 Å². The van der Waals surface area contributed by atoms with E-state index in [0.29, 0.717) is 25.4 Å². The van der Waals surface area contributed by atoms with Gasteiger partial charge in [0.05, 0.1) is 24.2 Å². The van der Waals surface area contributed by atoms with Crippen molar-refractivity contribution in [2.24, 2.45) is 0 Å². The minimum absolute atomic E-state index is 0.00221. The number of rotatable bonds is 9. The van der Waals surface area contributed by atoms with Gasteiger partial charge < -0.3 is 15.4 Å². The summed E-state index contributed by atoms with van der Waals surface area (Å²) in [7, 11) is 0. The maximum atomic E-state index is 12.5. The number of ether oxygens (including phenoxy) is 1. The molecule has 2 N–H and O–H groups in total. The number of nitrogens with zero attached hydrogens (tertiary/aromatic N) is 2. The van der Waals surface area contributed by atoms with Crippen molar-refractivity contribution < 1.29 is 14.5 Å². The lowest BCUT2D eigenvalue weighted by atomic mass is 10.1. The van der Waals surface area contributed by atoms with Crippen LogP contribution in [0.2, 0.25) is 0 Å². The summed E-state index contributed by atoms with van der Waals surface area (Å²) in [5.74, 6) is -0.0989. The molecule has 1 aliphatic heterocycles. The Kier molecular flexibility index (Phi) is 7.54. The molecule has 29 heavy (non-hydrogen) atoms. The largest absolute Gasteiger partial charge is 0.379 e. The Morgan fingerprint density at radius 2 is 1.79 bits per heavy atom. The average Bonchev–Trinajstić information content (AvgIpc) is 2.75. The van der Waals surface area contributed by atoms with E-state index < -0.39 is 4.92 Å². The third-order valence-corrected chi connectivity index (χ3v) is 4.85. The predicted molar refractivity (Wildman–Crippen MR) is 111 cm³/mol. The highest BCUT2D eigenvalue weighted by molar-refractivity contribution is 5.77. The molecule has 2 aromatic rings. The zero-order chi connectivity index (χ0) is 20.5. The molecule has 1 unspecified atom stereocenters. The van der Waals surface area contributed by atoms with Crippen LogP contribution in [0.3, 0.4) is 0 Å². The first-order valence-corrected chi connectivity index (χ1v) is 9.75. The molecule has 0 aliphatic carbocycles. The second kappa shape index (κ2) is 10.5. The van der Waals surface area contributed by atoms with Gasteiger partial charge in [-0.2, -0.15) is 0 Å². The van der Waals surface area contributed by atoms with E-state index in [0.717, 1.165) is 25.2 Å². The summed E-state index contributed by atoms with van der Waals surface area (Å²) in [6.07, 6.45) is 0.221. The van der Waals surface area contributed by atoms with Crippen molar-refractivity contribution in [1.82, 2.24) is 10.2 Å². The summed E-state index contributed by atoms with van der Waals surface area (Å²) in [4.78, 5) is 25.5. The van der Waals surface area contributed by atoms with Gasteiger partial charge in [0, 0.05) is 38.7 Å². The molecular weight excluding hydrogens is 372 g/mol. The van der Waals surface area contributed by atoms with Crippen LogP contribution >= 0.6 is 0 Å². The fraction of sp³-hybridized carbons (Fsp3) is 0.381. The van der Waals surface area contributed by atoms with Crippen LogP contribution in [0, 0.1) is 10.1 Å². The monoisotopic (exact) mass is 398 g/mol. The van der Waals surface area contributed by atoms with E-state index in [1.807, 2.05) is 30.3 Å². The molecule has 1 fully saturated rings. The molecular formula is C21H26N4O4. The van der Waals surface area contributed by atoms with Crippen molar-refractivity contribution in [2.75, 3.05) is 44.7 Å². The van der Waals surface area contributed by atoms with Crippen molar-refractivity contribution in [2.45, 2.75) is 12.5 Å². The number of morpholine rings is 1. The third kappa shape index (κ3) is 6.27. The van der Waals surface area contributed by atoms with Crippen LogP contribution in [0.15, 0.2) is 54.6 Å². The van der Waals surface area contributed by atoms with Crippen LogP contribution in [0.5, 0.6) is 0 Å². The molecule has 0 bridgehead atoms. The Hall–Kier alpha value is -2.97. The van der Waals surface area contributed by atoms with E-state index in [9.17, 15) is 14.9 Å². The Bertz CT molecular complexity index is 809. The number of amides is 1. The van der Waals surface area contributed by atoms with Crippen molar-refractivity contribution in [3.63, 3.8) is 0 Å². The normalized spacial score (nSPS) is 15.4. The fourth-order valence-electron chi connectivity index (χ4n) is 3.32. The minimum atomic E-state index is -0.434. The second-order valence-electron chi connectivity index (χ2n) is 6.89. The van der Waals surface area contributed by atoms with Crippen LogP contribution in [-0.2, 0) is 9.53 Å². The summed E-state index contributed by atoms with van der Waals surface area (Å²) in [6, 6.07) is 16.2. The molecule has 0 spiro atoms. The van der Waals surface area contributed by atoms with Gasteiger partial charge in [-0.3, -0.25) is 19.8 Å². The quantitative estimate of drug-likeness (QED) is 0.498. The Labute approximate surface area is 170 Å². The van der Waals surface area contributed by atoms with E-state index in [-0.39, 0.29) is 24.1 Å². The van der Waals surface area contributed by atoms with E-state index in [1.165, 1.54) is 6.07 Å². The molecule has 3 rings (SSSR count). The molecule has 8 nitrogen and oxygen atoms in total. The summed E-state index contributed by atoms with van der Waals surface area (Å²) in [6.45, 7) is 4.13. The zero-order valence-corrected chi connectivity index (χ0v) is 16.3. The average molecular weight is 398 g/mol. The number of carbonyl (C=O) groups excluding carboxylic acids is 1. The van der Waals surface area contributed by atoms with Gasteiger partial charge in [-0.05, 0) is 11.6 Å². The standard InChI is InChI=1S/C21H26N4O4/c26-21(10-11-22-18-8-4-5-9-20(18)25(27)28)23-19(17-6-2-1-3-7-17)16-24-12-14-29-15-13-24/h1-9,19,22H,10-16H2,(H,23,26). The number of anilines is 1. The number of nitrogens with one attached hydrogen (secondary N) is 2. The molecule has 8 heteroatoms. The highest BCUT2D eigenvalue weighted by Crippen LogP contribution is 2.23. The van der Waals surface area contributed by atoms with E-state index in [1.54, 1.807) is 18.2 Å². The lowest BCUT2D eigenvalue weighted by Gasteiger charge is -2.31. The van der Waals surface area contributed by atoms with Gasteiger partial charge in [0.15, 0.2) is 0 Å². The molecule has 1 saturated heterocycles. The molecule has 1 aliphatic rings. The molecule has 1 atom stereocenters. The first-order valence-electron chi connectivity index (χ1n) is 9.75. The second-order valence-corrected chi connectivity index (χ2v) is 6.89. The fourth-order valence-corrected chi connectivity index (χ4v) is 3.32. The summed E-state index contributed by atoms with van der Waals surface area (Å²) in [5, 5.41) is 17.2. The van der Waals surface area contributed by atoms with Crippen LogP contribution in [0.4, 0.5) is 11.4 Å². The number of hydrogen-bond acceptors (Lipinski definition) is 6. The molecule has 0 radical (unpaired) electrons. The van der Waals surface area contributed by atoms with E-state index in [2.05, 4.69) is 15.5 Å². The van der Waals surface area contributed by atoms with Crippen molar-refractivity contribution in [1.29, 1.82) is 0 Å². The number of nitro benzene ring substituents is 1. The van der Waals surface area contributed by atoms with E-state index in [4.69, 9.17) is 4.74 Å². The molecule has 1 heterocycles. The molecule has 0 aromatic heterocycles. The highest BCUT2D eigenvalue weighted by Gasteiger charge is 2.20. The number of hydrogen-bond donors (Lipinski definition) is 2. The van der Waals surface area contributed by atoms with Crippen LogP contribution < -0.4 is 10.6 Å². The van der Waals surface area contributed by atoms with Gasteiger partial charge >= 0.3 is 0 Å². The maximum absolute atomic E-state index is 12.5. The minimum Gasteiger partial charge on any atom is -0.379 e. The number of nitro groups is 1. The summed E-state index contributed by atoms with van der Waals surface area (Å²) in [5.41, 5.74) is 1.47. The lowest BCUT2D eigenvalue weighted by molar-refractivity contribution is -0.384. The first kappa shape index (κ1) is 20.8. The lowest BCUT2D eigenvalue weighted by Crippen LogP contribution is -2.43. The van der Waals surface area contributed by atoms with Gasteiger partial charge in [0.25, 0.3) is 5.69 Å². The number of carbonyl (C=O) groups is 1. The smallest absolute Gasteiger partial charge is 0.292 e. The van der Waals surface area contributed by atoms with Crippen molar-refractivity contribution in [3.05, 3.63) is 70.3 Å². The number of para-hydroxylation sites is 2. The molecule has 1 amide bonds. The van der Waals surface area contributed by atoms with Gasteiger partial charge in [0.1, 0.15) is 5.69 Å². The first-order chi connectivity index (χ1) is 14.1. The van der Waals surface area contributed by atoms with Crippen molar-refractivity contribution in [3.8, 4) is 0 Å². The SMILES string of the molecule is O=C(CCNc1ccccc1[N+](=O)[O-])NC(CN1CCOCC1)c1ccccc1. The highest BCUT2D eigenvalue weighted by atomic mass is 16.6.